The molecule has 4 N–H and O–H groups in total. The highest BCUT2D eigenvalue weighted by Crippen LogP contribution is 2.22. The van der Waals surface area contributed by atoms with E-state index in [9.17, 15) is 0 Å². The van der Waals surface area contributed by atoms with Gasteiger partial charge in [-0.15, -0.1) is 0 Å². The van der Waals surface area contributed by atoms with Gasteiger partial charge in [0.1, 0.15) is 0 Å². The molecule has 24 heavy (non-hydrogen) atoms. The maximum Gasteiger partial charge on any atom is 0.170 e. The van der Waals surface area contributed by atoms with Crippen LogP contribution < -0.4 is 16.0 Å². The van der Waals surface area contributed by atoms with E-state index in [0.717, 1.165) is 37.0 Å². The third-order valence-corrected chi connectivity index (χ3v) is 5.30. The number of benzene rings is 1. The highest BCUT2D eigenvalue weighted by Gasteiger charge is 2.15. The number of quaternary nitrogens is 1. The molecule has 1 saturated carbocycles. The van der Waals surface area contributed by atoms with Gasteiger partial charge in [-0.05, 0) is 61.9 Å². The molecule has 0 bridgehead atoms. The number of aryl methyl sites for hydroxylation is 2. The largest absolute Gasteiger partial charge is 0.362 e. The van der Waals surface area contributed by atoms with Crippen LogP contribution in [-0.2, 0) is 12.8 Å². The normalized spacial score (nSPS) is 15.2. The van der Waals surface area contributed by atoms with Gasteiger partial charge in [-0.25, -0.2) is 0 Å². The first-order valence-electron chi connectivity index (χ1n) is 9.73. The first kappa shape index (κ1) is 19.2. The molecule has 0 radical (unpaired) electrons. The summed E-state index contributed by atoms with van der Waals surface area (Å²) in [6.07, 6.45) is 10.3. The van der Waals surface area contributed by atoms with Crippen LogP contribution >= 0.6 is 12.2 Å². The van der Waals surface area contributed by atoms with Gasteiger partial charge in [0.15, 0.2) is 5.11 Å². The van der Waals surface area contributed by atoms with E-state index in [1.807, 2.05) is 0 Å². The van der Waals surface area contributed by atoms with Crippen molar-refractivity contribution in [1.29, 1.82) is 0 Å². The van der Waals surface area contributed by atoms with Gasteiger partial charge >= 0.3 is 0 Å². The fourth-order valence-electron chi connectivity index (χ4n) is 3.59. The first-order valence-corrected chi connectivity index (χ1v) is 10.1. The Morgan fingerprint density at radius 1 is 1.12 bits per heavy atom. The fourth-order valence-corrected chi connectivity index (χ4v) is 3.79. The summed E-state index contributed by atoms with van der Waals surface area (Å²) in [6, 6.07) is 7.37. The van der Waals surface area contributed by atoms with E-state index in [-0.39, 0.29) is 0 Å². The Morgan fingerprint density at radius 3 is 2.42 bits per heavy atom. The van der Waals surface area contributed by atoms with Crippen molar-refractivity contribution >= 4 is 23.0 Å². The Hall–Kier alpha value is -1.13. The number of nitrogens with one attached hydrogen (secondary N) is 2. The summed E-state index contributed by atoms with van der Waals surface area (Å²) >= 11 is 5.49. The predicted octanol–water partition coefficient (Wildman–Crippen LogP) is 3.38. The van der Waals surface area contributed by atoms with Gasteiger partial charge in [-0.1, -0.05) is 38.5 Å². The standard InChI is InChI=1S/C20H33N3S/c1-3-16-10-8-11-17(4-2)19(16)23-20(24)22-15-9-14-21-18-12-6-5-7-13-18/h8,10-11,18,21H,3-7,9,12-15H2,1-2H3,(H2,22,23,24)/p+1. The molecule has 0 saturated heterocycles. The lowest BCUT2D eigenvalue weighted by atomic mass is 9.95. The third-order valence-electron chi connectivity index (χ3n) is 5.05. The summed E-state index contributed by atoms with van der Waals surface area (Å²) < 4.78 is 0. The molecule has 0 atom stereocenters. The second-order valence-corrected chi connectivity index (χ2v) is 7.22. The van der Waals surface area contributed by atoms with Crippen LogP contribution in [0.3, 0.4) is 0 Å². The SMILES string of the molecule is CCc1cccc(CC)c1NC(=S)NCCC[NH2+]C1CCCCC1. The lowest BCUT2D eigenvalue weighted by molar-refractivity contribution is -0.691. The van der Waals surface area contributed by atoms with E-state index in [1.54, 1.807) is 0 Å². The van der Waals surface area contributed by atoms with Crippen molar-refractivity contribution in [2.24, 2.45) is 0 Å². The van der Waals surface area contributed by atoms with Gasteiger partial charge < -0.3 is 16.0 Å². The highest BCUT2D eigenvalue weighted by atomic mass is 32.1. The van der Waals surface area contributed by atoms with E-state index in [0.29, 0.717) is 0 Å². The maximum absolute atomic E-state index is 5.49. The number of hydrogen-bond donors (Lipinski definition) is 3. The number of rotatable bonds is 8. The Labute approximate surface area is 153 Å². The molecule has 1 aromatic rings. The van der Waals surface area contributed by atoms with Gasteiger partial charge in [-0.3, -0.25) is 0 Å². The van der Waals surface area contributed by atoms with Crippen molar-refractivity contribution in [2.75, 3.05) is 18.4 Å². The van der Waals surface area contributed by atoms with E-state index in [1.165, 1.54) is 55.5 Å². The summed E-state index contributed by atoms with van der Waals surface area (Å²) in [5.74, 6) is 0. The van der Waals surface area contributed by atoms with Gasteiger partial charge in [0.2, 0.25) is 0 Å². The van der Waals surface area contributed by atoms with Crippen molar-refractivity contribution in [2.45, 2.75) is 71.3 Å². The molecule has 0 aromatic heterocycles. The molecule has 1 fully saturated rings. The van der Waals surface area contributed by atoms with Crippen LogP contribution in [-0.4, -0.2) is 24.2 Å². The Kier molecular flexibility index (Phi) is 8.54. The van der Waals surface area contributed by atoms with Crippen LogP contribution in [0.15, 0.2) is 18.2 Å². The molecule has 0 spiro atoms. The summed E-state index contributed by atoms with van der Waals surface area (Å²) in [5, 5.41) is 10.1. The van der Waals surface area contributed by atoms with Crippen molar-refractivity contribution in [1.82, 2.24) is 5.32 Å². The second-order valence-electron chi connectivity index (χ2n) is 6.82. The van der Waals surface area contributed by atoms with Crippen LogP contribution in [0.5, 0.6) is 0 Å². The lowest BCUT2D eigenvalue weighted by Crippen LogP contribution is -2.90. The zero-order valence-electron chi connectivity index (χ0n) is 15.4. The van der Waals surface area contributed by atoms with Gasteiger partial charge in [0.05, 0.1) is 12.6 Å². The summed E-state index contributed by atoms with van der Waals surface area (Å²) in [7, 11) is 0. The third kappa shape index (κ3) is 6.06. The zero-order chi connectivity index (χ0) is 17.2. The molecule has 2 rings (SSSR count). The molecular formula is C20H34N3S+. The molecule has 1 aliphatic carbocycles. The molecule has 3 nitrogen and oxygen atoms in total. The molecule has 1 aliphatic rings. The molecule has 134 valence electrons. The minimum atomic E-state index is 0.753. The molecule has 0 aliphatic heterocycles. The summed E-state index contributed by atoms with van der Waals surface area (Å²) in [4.78, 5) is 0. The molecule has 4 heteroatoms. The minimum absolute atomic E-state index is 0.753. The highest BCUT2D eigenvalue weighted by molar-refractivity contribution is 7.80. The van der Waals surface area contributed by atoms with Crippen LogP contribution in [0.4, 0.5) is 5.69 Å². The van der Waals surface area contributed by atoms with E-state index < -0.39 is 0 Å². The van der Waals surface area contributed by atoms with Crippen molar-refractivity contribution < 1.29 is 5.32 Å². The zero-order valence-corrected chi connectivity index (χ0v) is 16.2. The first-order chi connectivity index (χ1) is 11.7. The Balaban J connectivity index is 1.69. The topological polar surface area (TPSA) is 40.7 Å². The van der Waals surface area contributed by atoms with Gasteiger partial charge in [0.25, 0.3) is 0 Å². The molecule has 0 amide bonds. The van der Waals surface area contributed by atoms with Crippen LogP contribution in [0.2, 0.25) is 0 Å². The van der Waals surface area contributed by atoms with E-state index in [4.69, 9.17) is 12.2 Å². The quantitative estimate of drug-likeness (QED) is 0.498. The summed E-state index contributed by atoms with van der Waals surface area (Å²) in [5.41, 5.74) is 3.88. The summed E-state index contributed by atoms with van der Waals surface area (Å²) in [6.45, 7) is 6.53. The van der Waals surface area contributed by atoms with E-state index >= 15 is 0 Å². The second kappa shape index (κ2) is 10.7. The molecule has 0 heterocycles. The fraction of sp³-hybridized carbons (Fsp3) is 0.650. The van der Waals surface area contributed by atoms with Gasteiger partial charge in [-0.2, -0.15) is 0 Å². The number of anilines is 1. The Bertz CT molecular complexity index is 487. The average molecular weight is 349 g/mol. The number of nitrogens with two attached hydrogens (primary N) is 1. The van der Waals surface area contributed by atoms with Gasteiger partial charge in [0, 0.05) is 18.7 Å². The van der Waals surface area contributed by atoms with Crippen molar-refractivity contribution in [3.8, 4) is 0 Å². The number of para-hydroxylation sites is 1. The number of hydrogen-bond acceptors (Lipinski definition) is 1. The van der Waals surface area contributed by atoms with Crippen LogP contribution in [0.25, 0.3) is 0 Å². The molecular weight excluding hydrogens is 314 g/mol. The van der Waals surface area contributed by atoms with Crippen LogP contribution in [0.1, 0.15) is 63.5 Å². The predicted molar refractivity (Wildman–Crippen MR) is 108 cm³/mol. The van der Waals surface area contributed by atoms with Crippen molar-refractivity contribution in [3.05, 3.63) is 29.3 Å². The average Bonchev–Trinajstić information content (AvgIpc) is 2.62. The smallest absolute Gasteiger partial charge is 0.170 e. The minimum Gasteiger partial charge on any atom is -0.362 e. The molecule has 1 aromatic carbocycles. The number of thiocarbonyl (C=S) groups is 1. The maximum atomic E-state index is 5.49. The van der Waals surface area contributed by atoms with E-state index in [2.05, 4.69) is 48.0 Å². The van der Waals surface area contributed by atoms with Crippen LogP contribution in [0, 0.1) is 0 Å². The van der Waals surface area contributed by atoms with Crippen molar-refractivity contribution in [3.63, 3.8) is 0 Å². The molecule has 0 unspecified atom stereocenters. The Morgan fingerprint density at radius 2 is 1.79 bits per heavy atom. The monoisotopic (exact) mass is 348 g/mol. The lowest BCUT2D eigenvalue weighted by Gasteiger charge is -2.20.